The van der Waals surface area contributed by atoms with Crippen LogP contribution >= 0.6 is 8.15 Å². The summed E-state index contributed by atoms with van der Waals surface area (Å²) in [5.74, 6) is 0.791. The minimum Gasteiger partial charge on any atom is -0.829 e. The maximum atomic E-state index is 14.7. The van der Waals surface area contributed by atoms with Gasteiger partial charge < -0.3 is 14.4 Å². The van der Waals surface area contributed by atoms with Crippen molar-refractivity contribution in [3.05, 3.63) is 77.2 Å². The van der Waals surface area contributed by atoms with Gasteiger partial charge in [-0.2, -0.15) is 0 Å². The summed E-state index contributed by atoms with van der Waals surface area (Å²) in [7, 11) is 0.375. The van der Waals surface area contributed by atoms with E-state index in [4.69, 9.17) is 9.47 Å². The second kappa shape index (κ2) is 15.2. The van der Waals surface area contributed by atoms with Crippen LogP contribution in [0.2, 0.25) is 0 Å². The molecule has 4 rings (SSSR count). The predicted octanol–water partition coefficient (Wildman–Crippen LogP) is 4.17. The smallest absolute Gasteiger partial charge is 0.829 e. The quantitative estimate of drug-likeness (QED) is 0.306. The largest absolute Gasteiger partial charge is 1.00 e. The fraction of sp³-hybridized carbons (Fsp3) is 0.433. The van der Waals surface area contributed by atoms with E-state index in [1.165, 1.54) is 32.6 Å². The average Bonchev–Trinajstić information content (AvgIpc) is 3.71. The van der Waals surface area contributed by atoms with Crippen LogP contribution in [0, 0.1) is 11.2 Å². The van der Waals surface area contributed by atoms with Gasteiger partial charge in [0.05, 0.1) is 13.3 Å². The number of methoxy groups -OCH3 is 1. The molecule has 7 heteroatoms. The maximum Gasteiger partial charge on any atom is 1.00 e. The maximum absolute atomic E-state index is 14.7. The minimum absolute atomic E-state index is 0. The van der Waals surface area contributed by atoms with E-state index >= 15 is 0 Å². The van der Waals surface area contributed by atoms with Crippen molar-refractivity contribution >= 4 is 8.15 Å². The Hall–Kier alpha value is -1.49. The van der Waals surface area contributed by atoms with Crippen LogP contribution < -0.4 is 43.9 Å². The van der Waals surface area contributed by atoms with E-state index in [1.54, 1.807) is 12.7 Å². The van der Waals surface area contributed by atoms with Gasteiger partial charge >= 0.3 is 29.6 Å². The van der Waals surface area contributed by atoms with Crippen molar-refractivity contribution in [1.29, 1.82) is 0 Å². The van der Waals surface area contributed by atoms with Gasteiger partial charge in [-0.3, -0.25) is 0 Å². The molecule has 1 heterocycles. The Balaban J connectivity index is 0.00000112. The fourth-order valence-corrected chi connectivity index (χ4v) is 4.27. The van der Waals surface area contributed by atoms with E-state index < -0.39 is 8.15 Å². The second-order valence-electron chi connectivity index (χ2n) is 10.5. The number of aryl methyl sites for hydroxylation is 1. The SMILES string of the molecule is C1CC1.COc1cc(-c2ccc(COc3cccc(CCP(C)[O-])c3)cc2CC(C)(C)C)c(F)cn1.[Na+]. The number of aromatic nitrogens is 1. The zero-order valence-corrected chi connectivity index (χ0v) is 26.0. The summed E-state index contributed by atoms with van der Waals surface area (Å²) in [6.07, 6.45) is 7.93. The van der Waals surface area contributed by atoms with E-state index in [9.17, 15) is 9.28 Å². The van der Waals surface area contributed by atoms with Gasteiger partial charge in [-0.05, 0) is 58.8 Å². The molecule has 0 radical (unpaired) electrons. The van der Waals surface area contributed by atoms with Crippen molar-refractivity contribution < 1.29 is 48.3 Å². The summed E-state index contributed by atoms with van der Waals surface area (Å²) in [5.41, 5.74) is 4.52. The summed E-state index contributed by atoms with van der Waals surface area (Å²) >= 11 is 0. The van der Waals surface area contributed by atoms with E-state index in [-0.39, 0.29) is 40.8 Å². The molecule has 1 aliphatic carbocycles. The standard InChI is InChI=1S/C27H32FNO3P.C3H6.Na/c1-27(2,3)16-21-13-20(9-10-23(21)24-15-26(31-4)29-17-25(24)28)18-32-22-8-6-7-19(14-22)11-12-33(5)30;1-2-3-1;/h6-10,13-15,17H,11-12,16,18H2,1-5H3;1-3H2;/q-1;;+1. The third kappa shape index (κ3) is 11.4. The van der Waals surface area contributed by atoms with E-state index in [1.807, 2.05) is 36.4 Å². The Morgan fingerprint density at radius 3 is 2.35 bits per heavy atom. The number of hydrogen-bond donors (Lipinski definition) is 0. The number of halogens is 1. The van der Waals surface area contributed by atoms with Gasteiger partial charge in [0.25, 0.3) is 0 Å². The molecule has 0 N–H and O–H groups in total. The van der Waals surface area contributed by atoms with Crippen LogP contribution in [0.5, 0.6) is 11.6 Å². The molecule has 2 aromatic carbocycles. The molecule has 3 aromatic rings. The van der Waals surface area contributed by atoms with E-state index in [0.29, 0.717) is 24.2 Å². The third-order valence-corrected chi connectivity index (χ3v) is 6.45. The first-order chi connectivity index (χ1) is 17.1. The van der Waals surface area contributed by atoms with Gasteiger partial charge in [0, 0.05) is 11.6 Å². The fourth-order valence-electron chi connectivity index (χ4n) is 3.70. The molecule has 4 nitrogen and oxygen atoms in total. The van der Waals surface area contributed by atoms with Gasteiger partial charge in [-0.1, -0.05) is 77.0 Å². The molecule has 37 heavy (non-hydrogen) atoms. The van der Waals surface area contributed by atoms with Crippen LogP contribution in [0.15, 0.2) is 54.7 Å². The molecule has 1 aromatic heterocycles. The van der Waals surface area contributed by atoms with Crippen molar-refractivity contribution in [2.45, 2.75) is 59.5 Å². The first-order valence-electron chi connectivity index (χ1n) is 12.6. The second-order valence-corrected chi connectivity index (χ2v) is 12.2. The summed E-state index contributed by atoms with van der Waals surface area (Å²) < 4.78 is 25.9. The molecule has 194 valence electrons. The first-order valence-corrected chi connectivity index (χ1v) is 14.5. The van der Waals surface area contributed by atoms with Crippen molar-refractivity contribution in [1.82, 2.24) is 4.98 Å². The van der Waals surface area contributed by atoms with E-state index in [0.717, 1.165) is 40.8 Å². The Bertz CT molecular complexity index is 1130. The molecule has 0 bridgehead atoms. The van der Waals surface area contributed by atoms with Crippen LogP contribution in [0.25, 0.3) is 11.1 Å². The molecule has 1 aliphatic rings. The number of rotatable bonds is 9. The van der Waals surface area contributed by atoms with Crippen LogP contribution in [0.3, 0.4) is 0 Å². The van der Waals surface area contributed by atoms with Gasteiger partial charge in [0.2, 0.25) is 5.88 Å². The number of hydrogen-bond acceptors (Lipinski definition) is 4. The normalized spacial score (nSPS) is 13.1. The summed E-state index contributed by atoms with van der Waals surface area (Å²) in [6, 6.07) is 15.6. The molecule has 0 aliphatic heterocycles. The summed E-state index contributed by atoms with van der Waals surface area (Å²) in [5, 5.41) is 0. The molecule has 0 amide bonds. The number of ether oxygens (including phenoxy) is 2. The van der Waals surface area contributed by atoms with Crippen molar-refractivity contribution in [3.63, 3.8) is 0 Å². The molecule has 1 unspecified atom stereocenters. The Kier molecular flexibility index (Phi) is 13.0. The van der Waals surface area contributed by atoms with E-state index in [2.05, 4.69) is 31.8 Å². The molecule has 1 atom stereocenters. The number of benzene rings is 2. The Morgan fingerprint density at radius 2 is 1.73 bits per heavy atom. The molecular weight excluding hydrogens is 495 g/mol. The summed E-state index contributed by atoms with van der Waals surface area (Å²) in [4.78, 5) is 15.4. The van der Waals surface area contributed by atoms with Crippen LogP contribution in [0.4, 0.5) is 4.39 Å². The van der Waals surface area contributed by atoms with Crippen molar-refractivity contribution in [2.24, 2.45) is 5.41 Å². The molecule has 1 saturated carbocycles. The van der Waals surface area contributed by atoms with Gasteiger partial charge in [0.1, 0.15) is 18.2 Å². The Morgan fingerprint density at radius 1 is 1.00 bits per heavy atom. The Labute approximate surface area is 245 Å². The molecular formula is C30H38FNNaO3P. The van der Waals surface area contributed by atoms with Gasteiger partial charge in [-0.25, -0.2) is 17.5 Å². The zero-order chi connectivity index (χ0) is 26.1. The third-order valence-electron chi connectivity index (χ3n) is 5.59. The predicted molar refractivity (Wildman–Crippen MR) is 145 cm³/mol. The molecule has 1 fully saturated rings. The van der Waals surface area contributed by atoms with Gasteiger partial charge in [-0.15, -0.1) is 0 Å². The number of nitrogens with zero attached hydrogens (tertiary/aromatic N) is 1. The average molecular weight is 534 g/mol. The van der Waals surface area contributed by atoms with Gasteiger partial charge in [0.15, 0.2) is 0 Å². The van der Waals surface area contributed by atoms with Crippen LogP contribution in [0.1, 0.15) is 56.7 Å². The topological polar surface area (TPSA) is 54.4 Å². The van der Waals surface area contributed by atoms with Crippen molar-refractivity contribution in [2.75, 3.05) is 19.9 Å². The summed E-state index contributed by atoms with van der Waals surface area (Å²) in [6.45, 7) is 8.66. The molecule has 0 spiro atoms. The first kappa shape index (κ1) is 31.7. The molecule has 0 saturated heterocycles. The zero-order valence-electron chi connectivity index (χ0n) is 23.1. The monoisotopic (exact) mass is 533 g/mol. The van der Waals surface area contributed by atoms with Crippen LogP contribution in [-0.2, 0) is 19.4 Å². The minimum atomic E-state index is -1.15. The van der Waals surface area contributed by atoms with Crippen molar-refractivity contribution in [3.8, 4) is 22.8 Å². The number of pyridine rings is 1. The van der Waals surface area contributed by atoms with Crippen LogP contribution in [-0.4, -0.2) is 24.9 Å².